The Bertz CT molecular complexity index is 912. The van der Waals surface area contributed by atoms with Crippen LogP contribution in [0.15, 0.2) is 33.6 Å². The van der Waals surface area contributed by atoms with Crippen molar-refractivity contribution >= 4 is 78.6 Å². The number of thioether (sulfide) groups is 1. The molecule has 0 radical (unpaired) electrons. The number of thiocarbonyl (C=S) groups is 1. The number of carbonyl (C=O) groups is 2. The Hall–Kier alpha value is -1.62. The normalized spacial score (nSPS) is 15.8. The molecule has 1 N–H and O–H groups in total. The van der Waals surface area contributed by atoms with Crippen molar-refractivity contribution in [3.05, 3.63) is 44.2 Å². The molecule has 0 unspecified atom stereocenters. The van der Waals surface area contributed by atoms with Gasteiger partial charge in [-0.15, -0.1) is 10.2 Å². The number of aromatic nitrogens is 2. The predicted molar refractivity (Wildman–Crippen MR) is 112 cm³/mol. The molecule has 1 fully saturated rings. The maximum absolute atomic E-state index is 12.6. The molecule has 3 rings (SSSR count). The van der Waals surface area contributed by atoms with Crippen LogP contribution in [0.1, 0.15) is 17.0 Å². The quantitative estimate of drug-likeness (QED) is 0.530. The summed E-state index contributed by atoms with van der Waals surface area (Å²) in [5.74, 6) is -0.411. The van der Waals surface area contributed by atoms with Crippen LogP contribution >= 0.6 is 51.2 Å². The molecule has 1 aromatic heterocycles. The van der Waals surface area contributed by atoms with Crippen molar-refractivity contribution in [1.82, 2.24) is 15.1 Å². The number of anilines is 1. The maximum Gasteiger partial charge on any atom is 0.266 e. The molecule has 134 valence electrons. The summed E-state index contributed by atoms with van der Waals surface area (Å²) in [7, 11) is 0. The summed E-state index contributed by atoms with van der Waals surface area (Å²) in [4.78, 5) is 26.6. The van der Waals surface area contributed by atoms with Crippen molar-refractivity contribution in [2.75, 3.05) is 11.9 Å². The highest BCUT2D eigenvalue weighted by atomic mass is 79.9. The number of nitrogens with one attached hydrogen (secondary N) is 1. The van der Waals surface area contributed by atoms with E-state index in [0.717, 1.165) is 15.0 Å². The van der Waals surface area contributed by atoms with Crippen LogP contribution in [0.4, 0.5) is 5.13 Å². The molecule has 2 amide bonds. The minimum absolute atomic E-state index is 0.134. The van der Waals surface area contributed by atoms with Crippen molar-refractivity contribution in [1.29, 1.82) is 0 Å². The standard InChI is InChI=1S/C16H13BrN4O2S3/c1-9-19-20-15(25-9)18-13(22)5-6-21-14(23)12(26-16(21)24)8-10-3-2-4-11(17)7-10/h2-4,7-8H,5-6H2,1H3,(H,18,20,22)/b12-8-. The van der Waals surface area contributed by atoms with E-state index in [9.17, 15) is 9.59 Å². The lowest BCUT2D eigenvalue weighted by Gasteiger charge is -2.13. The first-order valence-corrected chi connectivity index (χ1v) is 10.4. The number of nitrogens with zero attached hydrogens (tertiary/aromatic N) is 3. The van der Waals surface area contributed by atoms with Gasteiger partial charge in [-0.2, -0.15) is 0 Å². The first-order valence-electron chi connectivity index (χ1n) is 7.53. The van der Waals surface area contributed by atoms with Gasteiger partial charge in [0.1, 0.15) is 9.33 Å². The van der Waals surface area contributed by atoms with Gasteiger partial charge >= 0.3 is 0 Å². The summed E-state index contributed by atoms with van der Waals surface area (Å²) in [6, 6.07) is 7.65. The molecular formula is C16H13BrN4O2S3. The summed E-state index contributed by atoms with van der Waals surface area (Å²) in [6.45, 7) is 2.04. The van der Waals surface area contributed by atoms with E-state index in [1.165, 1.54) is 28.0 Å². The van der Waals surface area contributed by atoms with Crippen LogP contribution in [-0.2, 0) is 9.59 Å². The summed E-state index contributed by atoms with van der Waals surface area (Å²) >= 11 is 11.2. The molecule has 0 spiro atoms. The fourth-order valence-electron chi connectivity index (χ4n) is 2.18. The summed E-state index contributed by atoms with van der Waals surface area (Å²) < 4.78 is 1.39. The van der Waals surface area contributed by atoms with Gasteiger partial charge in [-0.3, -0.25) is 14.5 Å². The lowest BCUT2D eigenvalue weighted by Crippen LogP contribution is -2.31. The van der Waals surface area contributed by atoms with Crippen molar-refractivity contribution in [2.45, 2.75) is 13.3 Å². The zero-order chi connectivity index (χ0) is 18.7. The molecule has 2 aromatic rings. The largest absolute Gasteiger partial charge is 0.300 e. The Morgan fingerprint density at radius 2 is 2.23 bits per heavy atom. The van der Waals surface area contributed by atoms with E-state index < -0.39 is 0 Å². The number of hydrogen-bond donors (Lipinski definition) is 1. The second kappa shape index (κ2) is 8.38. The third-order valence-corrected chi connectivity index (χ3v) is 5.98. The van der Waals surface area contributed by atoms with Crippen LogP contribution in [0, 0.1) is 6.92 Å². The van der Waals surface area contributed by atoms with Gasteiger partial charge in [-0.05, 0) is 30.7 Å². The Morgan fingerprint density at radius 1 is 1.42 bits per heavy atom. The molecule has 10 heteroatoms. The molecule has 2 heterocycles. The smallest absolute Gasteiger partial charge is 0.266 e. The van der Waals surface area contributed by atoms with Gasteiger partial charge in [0.15, 0.2) is 0 Å². The number of aryl methyl sites for hydroxylation is 1. The van der Waals surface area contributed by atoms with Crippen molar-refractivity contribution in [3.63, 3.8) is 0 Å². The fraction of sp³-hybridized carbons (Fsp3) is 0.188. The van der Waals surface area contributed by atoms with Crippen LogP contribution in [0.5, 0.6) is 0 Å². The van der Waals surface area contributed by atoms with Gasteiger partial charge < -0.3 is 5.32 Å². The van der Waals surface area contributed by atoms with Gasteiger partial charge in [0.25, 0.3) is 5.91 Å². The molecule has 1 aliphatic rings. The first-order chi connectivity index (χ1) is 12.4. The molecule has 1 aliphatic heterocycles. The highest BCUT2D eigenvalue weighted by Crippen LogP contribution is 2.33. The highest BCUT2D eigenvalue weighted by molar-refractivity contribution is 9.10. The lowest BCUT2D eigenvalue weighted by molar-refractivity contribution is -0.122. The number of halogens is 1. The fourth-order valence-corrected chi connectivity index (χ4v) is 4.52. The summed E-state index contributed by atoms with van der Waals surface area (Å²) in [6.07, 6.45) is 1.93. The Morgan fingerprint density at radius 3 is 2.92 bits per heavy atom. The number of benzene rings is 1. The van der Waals surface area contributed by atoms with Crippen LogP contribution in [-0.4, -0.2) is 37.8 Å². The summed E-state index contributed by atoms with van der Waals surface area (Å²) in [5, 5.41) is 11.6. The monoisotopic (exact) mass is 468 g/mol. The van der Waals surface area contributed by atoms with E-state index in [4.69, 9.17) is 12.2 Å². The Balaban J connectivity index is 1.61. The van der Waals surface area contributed by atoms with Crippen molar-refractivity contribution in [3.8, 4) is 0 Å². The van der Waals surface area contributed by atoms with Gasteiger partial charge in [0, 0.05) is 17.4 Å². The minimum Gasteiger partial charge on any atom is -0.300 e. The number of rotatable bonds is 5. The second-order valence-corrected chi connectivity index (χ2v) is 9.09. The SMILES string of the molecule is Cc1nnc(NC(=O)CCN2C(=O)/C(=C/c3cccc(Br)c3)SC2=S)s1. The molecule has 1 aromatic carbocycles. The third-order valence-electron chi connectivity index (χ3n) is 3.35. The number of hydrogen-bond acceptors (Lipinski definition) is 7. The Kier molecular flexibility index (Phi) is 6.17. The molecule has 1 saturated heterocycles. The lowest BCUT2D eigenvalue weighted by atomic mass is 10.2. The summed E-state index contributed by atoms with van der Waals surface area (Å²) in [5.41, 5.74) is 0.907. The van der Waals surface area contributed by atoms with Gasteiger partial charge in [-0.1, -0.05) is 63.4 Å². The third kappa shape index (κ3) is 4.76. The van der Waals surface area contributed by atoms with E-state index in [0.29, 0.717) is 14.4 Å². The molecule has 0 atom stereocenters. The van der Waals surface area contributed by atoms with E-state index in [-0.39, 0.29) is 24.8 Å². The van der Waals surface area contributed by atoms with Gasteiger partial charge in [0.05, 0.1) is 4.91 Å². The number of amides is 2. The van der Waals surface area contributed by atoms with E-state index >= 15 is 0 Å². The topological polar surface area (TPSA) is 75.2 Å². The molecule has 26 heavy (non-hydrogen) atoms. The zero-order valence-corrected chi connectivity index (χ0v) is 17.6. The highest BCUT2D eigenvalue weighted by Gasteiger charge is 2.32. The van der Waals surface area contributed by atoms with Gasteiger partial charge in [-0.25, -0.2) is 0 Å². The van der Waals surface area contributed by atoms with Crippen LogP contribution in [0.3, 0.4) is 0 Å². The molecule has 6 nitrogen and oxygen atoms in total. The molecule has 0 bridgehead atoms. The molecule has 0 saturated carbocycles. The van der Waals surface area contributed by atoms with Crippen LogP contribution in [0.2, 0.25) is 0 Å². The van der Waals surface area contributed by atoms with E-state index in [1.54, 1.807) is 6.08 Å². The minimum atomic E-state index is -0.230. The van der Waals surface area contributed by atoms with Gasteiger partial charge in [0.2, 0.25) is 11.0 Å². The first kappa shape index (κ1) is 19.2. The average Bonchev–Trinajstić information content (AvgIpc) is 3.09. The van der Waals surface area contributed by atoms with E-state index in [1.807, 2.05) is 31.2 Å². The molecule has 0 aliphatic carbocycles. The maximum atomic E-state index is 12.6. The molecular weight excluding hydrogens is 456 g/mol. The van der Waals surface area contributed by atoms with Crippen LogP contribution in [0.25, 0.3) is 6.08 Å². The predicted octanol–water partition coefficient (Wildman–Crippen LogP) is 3.84. The zero-order valence-electron chi connectivity index (χ0n) is 13.6. The van der Waals surface area contributed by atoms with E-state index in [2.05, 4.69) is 31.4 Å². The Labute approximate surface area is 172 Å². The number of carbonyl (C=O) groups excluding carboxylic acids is 2. The van der Waals surface area contributed by atoms with Crippen LogP contribution < -0.4 is 5.32 Å². The second-order valence-electron chi connectivity index (χ2n) is 5.31. The average molecular weight is 469 g/mol. The van der Waals surface area contributed by atoms with Crippen molar-refractivity contribution < 1.29 is 9.59 Å². The van der Waals surface area contributed by atoms with Crippen molar-refractivity contribution in [2.24, 2.45) is 0 Å².